The van der Waals surface area contributed by atoms with Crippen molar-refractivity contribution in [2.45, 2.75) is 61.7 Å². The van der Waals surface area contributed by atoms with Crippen molar-refractivity contribution < 1.29 is 13.6 Å². The second-order valence-corrected chi connectivity index (χ2v) is 11.4. The molecule has 1 atom stereocenters. The number of benzene rings is 1. The van der Waals surface area contributed by atoms with Crippen molar-refractivity contribution in [3.8, 4) is 0 Å². The lowest BCUT2D eigenvalue weighted by Crippen LogP contribution is -2.56. The van der Waals surface area contributed by atoms with E-state index in [0.29, 0.717) is 18.2 Å². The predicted octanol–water partition coefficient (Wildman–Crippen LogP) is 5.21. The monoisotopic (exact) mass is 501 g/mol. The highest BCUT2D eigenvalue weighted by Crippen LogP contribution is 2.50. The van der Waals surface area contributed by atoms with Gasteiger partial charge in [-0.3, -0.25) is 9.80 Å². The molecule has 2 saturated carbocycles. The van der Waals surface area contributed by atoms with Crippen LogP contribution < -0.4 is 4.90 Å². The van der Waals surface area contributed by atoms with Crippen LogP contribution >= 0.6 is 9.24 Å². The molecule has 0 N–H and O–H groups in total. The van der Waals surface area contributed by atoms with E-state index in [2.05, 4.69) is 58.1 Å². The van der Waals surface area contributed by atoms with Gasteiger partial charge in [0.05, 0.1) is 30.2 Å². The lowest BCUT2D eigenvalue weighted by Gasteiger charge is -2.51. The van der Waals surface area contributed by atoms with Crippen LogP contribution in [0.1, 0.15) is 56.3 Å². The summed E-state index contributed by atoms with van der Waals surface area (Å²) >= 11 is 0. The van der Waals surface area contributed by atoms with E-state index in [1.165, 1.54) is 33.6 Å². The number of aromatic nitrogens is 2. The smallest absolute Gasteiger partial charge is 0.317 e. The Morgan fingerprint density at radius 2 is 1.71 bits per heavy atom. The quantitative estimate of drug-likeness (QED) is 0.510. The summed E-state index contributed by atoms with van der Waals surface area (Å²) in [7, 11) is 5.74. The van der Waals surface area contributed by atoms with Crippen molar-refractivity contribution in [1.29, 1.82) is 0 Å². The van der Waals surface area contributed by atoms with Crippen molar-refractivity contribution in [1.82, 2.24) is 19.8 Å². The molecule has 1 aromatic carbocycles. The van der Waals surface area contributed by atoms with Crippen LogP contribution in [0.15, 0.2) is 42.7 Å². The molecule has 1 saturated heterocycles. The first-order valence-corrected chi connectivity index (χ1v) is 13.0. The number of amides is 2. The molecular formula is C26H34F2N5OP. The van der Waals surface area contributed by atoms with E-state index in [1.807, 2.05) is 6.07 Å². The third kappa shape index (κ3) is 4.33. The van der Waals surface area contributed by atoms with Crippen molar-refractivity contribution in [3.63, 3.8) is 0 Å². The molecule has 9 heteroatoms. The van der Waals surface area contributed by atoms with Gasteiger partial charge in [0.1, 0.15) is 0 Å². The number of carbonyl (C=O) groups is 1. The van der Waals surface area contributed by atoms with Crippen LogP contribution in [0.25, 0.3) is 0 Å². The number of hydrogen-bond donors (Lipinski definition) is 0. The molecule has 1 unspecified atom stereocenters. The molecule has 2 aromatic rings. The first kappa shape index (κ1) is 24.5. The van der Waals surface area contributed by atoms with Gasteiger partial charge in [-0.2, -0.15) is 8.78 Å². The Hall–Kier alpha value is -2.18. The highest BCUT2D eigenvalue weighted by molar-refractivity contribution is 7.17. The Kier molecular flexibility index (Phi) is 6.33. The maximum atomic E-state index is 13.7. The van der Waals surface area contributed by atoms with Gasteiger partial charge in [0.25, 0.3) is 0 Å². The summed E-state index contributed by atoms with van der Waals surface area (Å²) in [6.07, 6.45) is 9.92. The third-order valence-electron chi connectivity index (χ3n) is 8.58. The fraction of sp³-hybridized carbons (Fsp3) is 0.577. The molecule has 188 valence electrons. The van der Waals surface area contributed by atoms with Crippen LogP contribution in [0.5, 0.6) is 0 Å². The van der Waals surface area contributed by atoms with Crippen molar-refractivity contribution >= 4 is 21.0 Å². The molecule has 1 aromatic heterocycles. The van der Waals surface area contributed by atoms with Gasteiger partial charge in [0, 0.05) is 12.1 Å². The summed E-state index contributed by atoms with van der Waals surface area (Å²) in [5.41, 5.74) is -1.74. The van der Waals surface area contributed by atoms with E-state index < -0.39 is 11.5 Å². The molecule has 3 fully saturated rings. The number of carbonyl (C=O) groups excluding carboxylic acids is 1. The van der Waals surface area contributed by atoms with Crippen molar-refractivity contribution in [3.05, 3.63) is 54.1 Å². The first-order valence-electron chi connectivity index (χ1n) is 12.5. The number of rotatable bonds is 6. The average molecular weight is 502 g/mol. The maximum Gasteiger partial charge on any atom is 0.325 e. The van der Waals surface area contributed by atoms with E-state index >= 15 is 0 Å². The van der Waals surface area contributed by atoms with Gasteiger partial charge < -0.3 is 4.90 Å². The highest BCUT2D eigenvalue weighted by atomic mass is 31.0. The Morgan fingerprint density at radius 1 is 1.09 bits per heavy atom. The van der Waals surface area contributed by atoms with Crippen LogP contribution in [0, 0.1) is 5.92 Å². The molecule has 2 aliphatic carbocycles. The van der Waals surface area contributed by atoms with E-state index in [4.69, 9.17) is 0 Å². The molecule has 1 aliphatic heterocycles. The Balaban J connectivity index is 1.43. The SMILES string of the molecule is CN(C)C1(c2ccccc2)CCC2(CC1)CN(c1cnc(C(F)(F)P)nc1)C(=O)N2CC1CCC1. The Morgan fingerprint density at radius 3 is 2.23 bits per heavy atom. The number of halogens is 2. The summed E-state index contributed by atoms with van der Waals surface area (Å²) in [5.74, 6) is -0.0184. The van der Waals surface area contributed by atoms with Gasteiger partial charge in [0.15, 0.2) is 0 Å². The van der Waals surface area contributed by atoms with Crippen LogP contribution in [0.2, 0.25) is 0 Å². The molecule has 5 rings (SSSR count). The normalized spacial score (nSPS) is 27.7. The van der Waals surface area contributed by atoms with Crippen molar-refractivity contribution in [2.75, 3.05) is 32.1 Å². The largest absolute Gasteiger partial charge is 0.325 e. The lowest BCUT2D eigenvalue weighted by molar-refractivity contribution is 0.0172. The summed E-state index contributed by atoms with van der Waals surface area (Å²) < 4.78 is 27.2. The van der Waals surface area contributed by atoms with Crippen LogP contribution in [0.4, 0.5) is 19.3 Å². The predicted molar refractivity (Wildman–Crippen MR) is 135 cm³/mol. The van der Waals surface area contributed by atoms with Gasteiger partial charge in [0.2, 0.25) is 5.82 Å². The lowest BCUT2D eigenvalue weighted by atomic mass is 9.68. The molecule has 2 amide bonds. The minimum absolute atomic E-state index is 0.0528. The Labute approximate surface area is 208 Å². The van der Waals surface area contributed by atoms with Gasteiger partial charge in [-0.1, -0.05) is 46.0 Å². The summed E-state index contributed by atoms with van der Waals surface area (Å²) in [6, 6.07) is 10.6. The number of nitrogens with zero attached hydrogens (tertiary/aromatic N) is 5. The van der Waals surface area contributed by atoms with E-state index in [-0.39, 0.29) is 17.1 Å². The second-order valence-electron chi connectivity index (χ2n) is 10.7. The fourth-order valence-electron chi connectivity index (χ4n) is 6.14. The zero-order valence-electron chi connectivity index (χ0n) is 20.5. The van der Waals surface area contributed by atoms with Gasteiger partial charge in [-0.15, -0.1) is 0 Å². The molecule has 0 radical (unpaired) electrons. The van der Waals surface area contributed by atoms with Gasteiger partial charge in [-0.25, -0.2) is 14.8 Å². The van der Waals surface area contributed by atoms with E-state index in [9.17, 15) is 13.6 Å². The third-order valence-corrected chi connectivity index (χ3v) is 8.83. The van der Waals surface area contributed by atoms with E-state index in [1.54, 1.807) is 4.90 Å². The van der Waals surface area contributed by atoms with Crippen LogP contribution in [0.3, 0.4) is 0 Å². The first-order chi connectivity index (χ1) is 16.6. The molecular weight excluding hydrogens is 467 g/mol. The summed E-state index contributed by atoms with van der Waals surface area (Å²) in [4.78, 5) is 27.6. The van der Waals surface area contributed by atoms with Crippen LogP contribution in [-0.4, -0.2) is 58.5 Å². The molecule has 3 aliphatic rings. The molecule has 2 heterocycles. The van der Waals surface area contributed by atoms with Gasteiger partial charge >= 0.3 is 11.7 Å². The number of hydrogen-bond acceptors (Lipinski definition) is 4. The second kappa shape index (κ2) is 9.04. The highest BCUT2D eigenvalue weighted by Gasteiger charge is 2.55. The standard InChI is InChI=1S/C26H34F2N5OP/c1-31(2)25(20-9-4-3-5-10-20)13-11-24(12-14-25)18-32(23(34)33(24)17-19-7-6-8-19)21-15-29-22(30-16-21)26(27,28)35/h3-5,9-10,15-16,19H,6-8,11-14,17-18,35H2,1-2H3. The molecule has 35 heavy (non-hydrogen) atoms. The number of urea groups is 1. The molecule has 6 nitrogen and oxygen atoms in total. The average Bonchev–Trinajstić information content (AvgIpc) is 3.08. The number of anilines is 1. The topological polar surface area (TPSA) is 52.6 Å². The van der Waals surface area contributed by atoms with Crippen LogP contribution in [-0.2, 0) is 11.2 Å². The van der Waals surface area contributed by atoms with E-state index in [0.717, 1.165) is 45.1 Å². The molecule has 0 bridgehead atoms. The number of alkyl halides is 2. The fourth-order valence-corrected chi connectivity index (χ4v) is 6.28. The zero-order chi connectivity index (χ0) is 24.8. The minimum atomic E-state index is -3.19. The zero-order valence-corrected chi connectivity index (χ0v) is 21.6. The molecule has 1 spiro atoms. The van der Waals surface area contributed by atoms with Gasteiger partial charge in [-0.05, 0) is 64.1 Å². The minimum Gasteiger partial charge on any atom is -0.317 e. The summed E-state index contributed by atoms with van der Waals surface area (Å²) in [6.45, 7) is 1.30. The summed E-state index contributed by atoms with van der Waals surface area (Å²) in [5, 5.41) is 0. The van der Waals surface area contributed by atoms with Crippen molar-refractivity contribution in [2.24, 2.45) is 5.92 Å². The Bertz CT molecular complexity index is 1050. The maximum absolute atomic E-state index is 13.7.